The first-order valence-electron chi connectivity index (χ1n) is 15.8. The highest BCUT2D eigenvalue weighted by Gasteiger charge is 2.59. The zero-order chi connectivity index (χ0) is 35.3. The normalized spacial score (nSPS) is 22.4. The molecule has 0 spiro atoms. The van der Waals surface area contributed by atoms with Crippen LogP contribution >= 0.6 is 11.6 Å². The van der Waals surface area contributed by atoms with Crippen LogP contribution in [0.5, 0.6) is 5.75 Å². The summed E-state index contributed by atoms with van der Waals surface area (Å²) in [5.74, 6) is -9.31. The molecule has 1 saturated heterocycles. The van der Waals surface area contributed by atoms with Crippen LogP contribution in [0.4, 0.5) is 22.0 Å². The SMILES string of the molecule is N[C@H]1[C@@H]2CC[C@H]1CN(C(=O)[C@@H](N(OC(=O)C(F)(F)F)S(=O)(=O)c1ccc3cc(OC4CCCC4)ccc3c1)C(F)(F)c1ccc(Cl)cc1)C2. The van der Waals surface area contributed by atoms with E-state index in [0.29, 0.717) is 24.0 Å². The lowest BCUT2D eigenvalue weighted by atomic mass is 9.91. The van der Waals surface area contributed by atoms with Crippen molar-refractivity contribution < 1.29 is 49.5 Å². The van der Waals surface area contributed by atoms with Crippen molar-refractivity contribution in [1.82, 2.24) is 9.37 Å². The molecule has 0 aromatic heterocycles. The number of rotatable bonds is 9. The number of ether oxygens (including phenoxy) is 1. The fourth-order valence-corrected chi connectivity index (χ4v) is 8.45. The van der Waals surface area contributed by atoms with E-state index in [-0.39, 0.29) is 47.5 Å². The summed E-state index contributed by atoms with van der Waals surface area (Å²) in [6.45, 7) is -0.294. The van der Waals surface area contributed by atoms with Crippen LogP contribution in [-0.4, -0.2) is 67.1 Å². The second kappa shape index (κ2) is 13.3. The number of fused-ring (bicyclic) bond motifs is 3. The summed E-state index contributed by atoms with van der Waals surface area (Å²) in [4.78, 5) is 30.9. The first-order valence-corrected chi connectivity index (χ1v) is 17.6. The lowest BCUT2D eigenvalue weighted by molar-refractivity contribution is -0.239. The first-order chi connectivity index (χ1) is 23.1. The topological polar surface area (TPSA) is 119 Å². The highest BCUT2D eigenvalue weighted by Crippen LogP contribution is 2.42. The number of likely N-dealkylation sites (tertiary alicyclic amines) is 1. The van der Waals surface area contributed by atoms with Crippen molar-refractivity contribution in [2.45, 2.75) is 73.7 Å². The Kier molecular flexibility index (Phi) is 9.59. The third kappa shape index (κ3) is 7.08. The lowest BCUT2D eigenvalue weighted by Crippen LogP contribution is -2.61. The lowest BCUT2D eigenvalue weighted by Gasteiger charge is -2.41. The summed E-state index contributed by atoms with van der Waals surface area (Å²) in [7, 11) is -5.60. The Balaban J connectivity index is 1.44. The first kappa shape index (κ1) is 35.3. The molecule has 1 heterocycles. The van der Waals surface area contributed by atoms with Gasteiger partial charge in [-0.2, -0.15) is 22.0 Å². The molecule has 2 aliphatic carbocycles. The molecule has 4 atom stereocenters. The molecule has 1 amide bonds. The van der Waals surface area contributed by atoms with Gasteiger partial charge in [0.05, 0.1) is 11.0 Å². The van der Waals surface area contributed by atoms with E-state index >= 15 is 8.78 Å². The number of piperidine rings is 1. The molecule has 9 nitrogen and oxygen atoms in total. The van der Waals surface area contributed by atoms with Gasteiger partial charge in [0, 0.05) is 29.7 Å². The van der Waals surface area contributed by atoms with E-state index in [1.807, 2.05) is 0 Å². The zero-order valence-corrected chi connectivity index (χ0v) is 27.5. The van der Waals surface area contributed by atoms with Crippen molar-refractivity contribution in [2.75, 3.05) is 13.1 Å². The minimum atomic E-state index is -5.81. The molecule has 16 heteroatoms. The van der Waals surface area contributed by atoms with Crippen LogP contribution in [0, 0.1) is 11.8 Å². The summed E-state index contributed by atoms with van der Waals surface area (Å²) in [5, 5.41) is 0.758. The number of nitrogens with zero attached hydrogens (tertiary/aromatic N) is 2. The second-order valence-corrected chi connectivity index (χ2v) is 15.0. The van der Waals surface area contributed by atoms with Gasteiger partial charge < -0.3 is 20.2 Å². The summed E-state index contributed by atoms with van der Waals surface area (Å²) in [6.07, 6.45) is -0.817. The van der Waals surface area contributed by atoms with Gasteiger partial charge in [-0.25, -0.2) is 13.2 Å². The minimum Gasteiger partial charge on any atom is -0.490 e. The maximum atomic E-state index is 16.6. The number of nitrogens with two attached hydrogens (primary N) is 1. The van der Waals surface area contributed by atoms with Gasteiger partial charge >= 0.3 is 18.1 Å². The Morgan fingerprint density at radius 3 is 2.08 bits per heavy atom. The van der Waals surface area contributed by atoms with Crippen LogP contribution in [0.3, 0.4) is 0 Å². The fourth-order valence-electron chi connectivity index (χ4n) is 6.94. The quantitative estimate of drug-likeness (QED) is 0.206. The maximum absolute atomic E-state index is 16.6. The van der Waals surface area contributed by atoms with Gasteiger partial charge in [-0.05, 0) is 102 Å². The molecule has 1 aliphatic heterocycles. The van der Waals surface area contributed by atoms with Crippen molar-refractivity contribution in [2.24, 2.45) is 17.6 Å². The average molecular weight is 730 g/mol. The molecular weight excluding hydrogens is 697 g/mol. The molecule has 6 rings (SSSR count). The van der Waals surface area contributed by atoms with E-state index in [1.165, 1.54) is 12.1 Å². The molecule has 3 aromatic rings. The third-order valence-electron chi connectivity index (χ3n) is 9.56. The van der Waals surface area contributed by atoms with E-state index < -0.39 is 55.0 Å². The van der Waals surface area contributed by atoms with Gasteiger partial charge in [-0.15, -0.1) is 0 Å². The van der Waals surface area contributed by atoms with Crippen LogP contribution in [0.25, 0.3) is 10.8 Å². The molecule has 0 unspecified atom stereocenters. The molecule has 3 aliphatic rings. The number of carbonyl (C=O) groups excluding carboxylic acids is 2. The number of amides is 1. The van der Waals surface area contributed by atoms with Crippen LogP contribution < -0.4 is 10.5 Å². The number of alkyl halides is 5. The van der Waals surface area contributed by atoms with Crippen molar-refractivity contribution in [3.63, 3.8) is 0 Å². The predicted octanol–water partition coefficient (Wildman–Crippen LogP) is 6.18. The number of carbonyl (C=O) groups is 2. The number of hydroxylamine groups is 1. The molecule has 0 radical (unpaired) electrons. The molecule has 2 saturated carbocycles. The number of hydrogen-bond donors (Lipinski definition) is 1. The van der Waals surface area contributed by atoms with Crippen molar-refractivity contribution in [3.05, 3.63) is 71.2 Å². The van der Waals surface area contributed by atoms with Crippen molar-refractivity contribution >= 4 is 44.3 Å². The predicted molar refractivity (Wildman–Crippen MR) is 168 cm³/mol. The molecular formula is C33H33ClF5N3O6S. The Bertz CT molecular complexity index is 1820. The highest BCUT2D eigenvalue weighted by molar-refractivity contribution is 7.89. The molecule has 3 fully saturated rings. The zero-order valence-electron chi connectivity index (χ0n) is 25.9. The van der Waals surface area contributed by atoms with Gasteiger partial charge in [-0.3, -0.25) is 4.79 Å². The highest BCUT2D eigenvalue weighted by atomic mass is 35.5. The maximum Gasteiger partial charge on any atom is 0.492 e. The fraction of sp³-hybridized carbons (Fsp3) is 0.455. The van der Waals surface area contributed by atoms with Crippen LogP contribution in [-0.2, 0) is 30.4 Å². The monoisotopic (exact) mass is 729 g/mol. The molecule has 3 aromatic carbocycles. The number of halogens is 6. The third-order valence-corrected chi connectivity index (χ3v) is 11.4. The van der Waals surface area contributed by atoms with Gasteiger partial charge in [0.2, 0.25) is 6.04 Å². The van der Waals surface area contributed by atoms with Gasteiger partial charge in [0.25, 0.3) is 15.9 Å². The number of benzene rings is 3. The Morgan fingerprint density at radius 1 is 0.878 bits per heavy atom. The van der Waals surface area contributed by atoms with Crippen LogP contribution in [0.15, 0.2) is 65.6 Å². The Labute approximate surface area is 284 Å². The van der Waals surface area contributed by atoms with E-state index in [0.717, 1.165) is 67.0 Å². The van der Waals surface area contributed by atoms with E-state index in [1.54, 1.807) is 12.1 Å². The molecule has 2 N–H and O–H groups in total. The van der Waals surface area contributed by atoms with Crippen LogP contribution in [0.2, 0.25) is 5.02 Å². The van der Waals surface area contributed by atoms with Crippen molar-refractivity contribution in [3.8, 4) is 5.75 Å². The van der Waals surface area contributed by atoms with Crippen molar-refractivity contribution in [1.29, 1.82) is 0 Å². The second-order valence-electron chi connectivity index (χ2n) is 12.8. The summed E-state index contributed by atoms with van der Waals surface area (Å²) in [5.41, 5.74) is 5.27. The smallest absolute Gasteiger partial charge is 0.490 e. The van der Waals surface area contributed by atoms with E-state index in [4.69, 9.17) is 22.1 Å². The largest absolute Gasteiger partial charge is 0.492 e. The summed E-state index contributed by atoms with van der Waals surface area (Å²) in [6, 6.07) is 8.09. The molecule has 264 valence electrons. The minimum absolute atomic E-state index is 0.0185. The number of hydrogen-bond acceptors (Lipinski definition) is 7. The Hall–Kier alpha value is -3.53. The Morgan fingerprint density at radius 2 is 1.47 bits per heavy atom. The van der Waals surface area contributed by atoms with E-state index in [2.05, 4.69) is 4.84 Å². The van der Waals surface area contributed by atoms with Crippen LogP contribution in [0.1, 0.15) is 44.1 Å². The van der Waals surface area contributed by atoms with Gasteiger partial charge in [0.1, 0.15) is 5.75 Å². The standard InChI is InChI=1S/C33H33ClF5N3O6S/c34-24-11-9-23(10-12-24)32(35,36)29(30(43)41-17-21-5-6-22(18-41)28(21)40)42(48-31(44)33(37,38)39)49(45,46)27-14-8-19-15-26(13-7-20(19)16-27)47-25-3-1-2-4-25/h7-16,21-22,25,28-29H,1-6,17-18,40H2/t21-,22+,28+,29-/m1/s1. The van der Waals surface area contributed by atoms with Gasteiger partial charge in [-0.1, -0.05) is 35.9 Å². The molecule has 49 heavy (non-hydrogen) atoms. The summed E-state index contributed by atoms with van der Waals surface area (Å²) < 4.78 is 108. The average Bonchev–Trinajstić information content (AvgIpc) is 3.61. The molecule has 2 bridgehead atoms. The number of sulfonamides is 1. The summed E-state index contributed by atoms with van der Waals surface area (Å²) >= 11 is 5.87. The van der Waals surface area contributed by atoms with Gasteiger partial charge in [0.15, 0.2) is 0 Å². The van der Waals surface area contributed by atoms with E-state index in [9.17, 15) is 31.2 Å².